The van der Waals surface area contributed by atoms with Crippen molar-refractivity contribution >= 4 is 22.8 Å². The number of para-hydroxylation sites is 2. The number of carbonyl (C=O) groups excluding carboxylic acids is 1. The molecule has 0 unspecified atom stereocenters. The topological polar surface area (TPSA) is 56.1 Å². The molecule has 0 radical (unpaired) electrons. The van der Waals surface area contributed by atoms with Gasteiger partial charge in [0.05, 0.1) is 24.2 Å². The fourth-order valence-electron chi connectivity index (χ4n) is 5.10. The number of imidazole rings is 1. The highest BCUT2D eigenvalue weighted by Gasteiger charge is 2.39. The average molecular weight is 439 g/mol. The van der Waals surface area contributed by atoms with E-state index in [9.17, 15) is 9.18 Å². The van der Waals surface area contributed by atoms with Gasteiger partial charge in [-0.15, -0.1) is 0 Å². The number of aromatic nitrogens is 2. The molecule has 6 heteroatoms. The Morgan fingerprint density at radius 3 is 2.45 bits per heavy atom. The van der Waals surface area contributed by atoms with Crippen LogP contribution in [-0.4, -0.2) is 22.4 Å². The SMILES string of the molecule is COc1ccc([C@H]2CC(=O)C3=C(C2)Nc2nc4ccccc4n2[C@H]3c2ccc(F)cc2)cc1. The molecule has 2 atom stereocenters. The van der Waals surface area contributed by atoms with E-state index < -0.39 is 0 Å². The van der Waals surface area contributed by atoms with Crippen LogP contribution in [0.5, 0.6) is 5.75 Å². The van der Waals surface area contributed by atoms with E-state index in [4.69, 9.17) is 9.72 Å². The van der Waals surface area contributed by atoms with Gasteiger partial charge in [-0.25, -0.2) is 9.37 Å². The van der Waals surface area contributed by atoms with E-state index in [1.54, 1.807) is 19.2 Å². The zero-order valence-corrected chi connectivity index (χ0v) is 18.1. The van der Waals surface area contributed by atoms with Crippen molar-refractivity contribution in [3.63, 3.8) is 0 Å². The molecule has 33 heavy (non-hydrogen) atoms. The van der Waals surface area contributed by atoms with Crippen LogP contribution in [0.25, 0.3) is 11.0 Å². The quantitative estimate of drug-likeness (QED) is 0.452. The lowest BCUT2D eigenvalue weighted by atomic mass is 9.77. The summed E-state index contributed by atoms with van der Waals surface area (Å²) in [6.07, 6.45) is 1.13. The van der Waals surface area contributed by atoms with Crippen molar-refractivity contribution in [3.05, 3.63) is 101 Å². The Morgan fingerprint density at radius 2 is 1.70 bits per heavy atom. The van der Waals surface area contributed by atoms with Gasteiger partial charge in [-0.2, -0.15) is 0 Å². The van der Waals surface area contributed by atoms with Crippen LogP contribution in [0.1, 0.15) is 35.9 Å². The number of allylic oxidation sites excluding steroid dienone is 2. The van der Waals surface area contributed by atoms with Gasteiger partial charge in [0.1, 0.15) is 11.6 Å². The number of methoxy groups -OCH3 is 1. The van der Waals surface area contributed by atoms with Crippen LogP contribution in [0.15, 0.2) is 84.1 Å². The fourth-order valence-corrected chi connectivity index (χ4v) is 5.10. The number of fused-ring (bicyclic) bond motifs is 3. The molecule has 0 fully saturated rings. The number of hydrogen-bond acceptors (Lipinski definition) is 4. The van der Waals surface area contributed by atoms with Crippen LogP contribution in [0.2, 0.25) is 0 Å². The molecule has 1 aliphatic heterocycles. The third-order valence-corrected chi connectivity index (χ3v) is 6.67. The lowest BCUT2D eigenvalue weighted by Gasteiger charge is -2.36. The van der Waals surface area contributed by atoms with Gasteiger partial charge in [0.15, 0.2) is 5.78 Å². The van der Waals surface area contributed by atoms with Crippen molar-refractivity contribution in [2.45, 2.75) is 24.8 Å². The Hall–Kier alpha value is -3.93. The van der Waals surface area contributed by atoms with Crippen molar-refractivity contribution < 1.29 is 13.9 Å². The number of nitrogens with one attached hydrogen (secondary N) is 1. The summed E-state index contributed by atoms with van der Waals surface area (Å²) < 4.78 is 21.1. The summed E-state index contributed by atoms with van der Waals surface area (Å²) in [5, 5.41) is 3.46. The first-order valence-electron chi connectivity index (χ1n) is 11.0. The number of nitrogens with zero attached hydrogens (tertiary/aromatic N) is 2. The molecule has 1 aliphatic carbocycles. The third-order valence-electron chi connectivity index (χ3n) is 6.67. The van der Waals surface area contributed by atoms with Crippen LogP contribution in [0, 0.1) is 5.82 Å². The number of hydrogen-bond donors (Lipinski definition) is 1. The number of rotatable bonds is 3. The minimum absolute atomic E-state index is 0.0689. The van der Waals surface area contributed by atoms with Crippen molar-refractivity contribution in [2.75, 3.05) is 12.4 Å². The molecular weight excluding hydrogens is 417 g/mol. The molecule has 4 aromatic rings. The summed E-state index contributed by atoms with van der Waals surface area (Å²) in [5.41, 5.74) is 5.39. The van der Waals surface area contributed by atoms with E-state index in [1.165, 1.54) is 12.1 Å². The van der Waals surface area contributed by atoms with Crippen LogP contribution < -0.4 is 10.1 Å². The smallest absolute Gasteiger partial charge is 0.209 e. The van der Waals surface area contributed by atoms with Crippen molar-refractivity contribution in [2.24, 2.45) is 0 Å². The highest BCUT2D eigenvalue weighted by atomic mass is 19.1. The summed E-state index contributed by atoms with van der Waals surface area (Å²) in [7, 11) is 1.64. The molecule has 0 amide bonds. The van der Waals surface area contributed by atoms with E-state index in [-0.39, 0.29) is 23.6 Å². The van der Waals surface area contributed by atoms with Gasteiger partial charge in [0.25, 0.3) is 0 Å². The molecule has 1 N–H and O–H groups in total. The normalized spacial score (nSPS) is 19.8. The number of Topliss-reactive ketones (excluding diaryl/α,β-unsaturated/α-hetero) is 1. The van der Waals surface area contributed by atoms with Crippen LogP contribution in [0.4, 0.5) is 10.3 Å². The zero-order chi connectivity index (χ0) is 22.5. The Labute approximate surface area is 190 Å². The predicted octanol–water partition coefficient (Wildman–Crippen LogP) is 5.60. The first-order chi connectivity index (χ1) is 16.1. The zero-order valence-electron chi connectivity index (χ0n) is 18.1. The molecule has 0 bridgehead atoms. The van der Waals surface area contributed by atoms with Crippen molar-refractivity contribution in [1.82, 2.24) is 9.55 Å². The predicted molar refractivity (Wildman–Crippen MR) is 125 cm³/mol. The monoisotopic (exact) mass is 439 g/mol. The Balaban J connectivity index is 1.48. The number of ketones is 1. The van der Waals surface area contributed by atoms with Crippen molar-refractivity contribution in [3.8, 4) is 5.75 Å². The molecule has 6 rings (SSSR count). The van der Waals surface area contributed by atoms with E-state index in [0.717, 1.165) is 39.2 Å². The van der Waals surface area contributed by atoms with Gasteiger partial charge in [0.2, 0.25) is 5.95 Å². The van der Waals surface area contributed by atoms with E-state index >= 15 is 0 Å². The number of benzene rings is 3. The van der Waals surface area contributed by atoms with Gasteiger partial charge in [-0.05, 0) is 59.9 Å². The fraction of sp³-hybridized carbons (Fsp3) is 0.185. The lowest BCUT2D eigenvalue weighted by Crippen LogP contribution is -2.33. The summed E-state index contributed by atoms with van der Waals surface area (Å²) in [6, 6.07) is 21.9. The number of anilines is 1. The van der Waals surface area contributed by atoms with Crippen LogP contribution in [-0.2, 0) is 4.79 Å². The van der Waals surface area contributed by atoms with Gasteiger partial charge in [-0.1, -0.05) is 36.4 Å². The Kier molecular flexibility index (Phi) is 4.54. The molecule has 1 aromatic heterocycles. The van der Waals surface area contributed by atoms with E-state index in [0.29, 0.717) is 18.8 Å². The molecule has 0 saturated carbocycles. The lowest BCUT2D eigenvalue weighted by molar-refractivity contribution is -0.116. The first-order valence-corrected chi connectivity index (χ1v) is 11.0. The standard InChI is InChI=1S/C27H22FN3O2/c1-33-20-12-8-16(9-13-20)18-14-22-25(24(32)15-18)26(17-6-10-19(28)11-7-17)31-23-5-3-2-4-21(23)29-27(31)30-22/h2-13,18,26H,14-15H2,1H3,(H,29,30)/t18-,26+/m1/s1. The second-order valence-corrected chi connectivity index (χ2v) is 8.57. The average Bonchev–Trinajstić information content (AvgIpc) is 3.21. The number of ether oxygens (including phenoxy) is 1. The van der Waals surface area contributed by atoms with Gasteiger partial charge >= 0.3 is 0 Å². The van der Waals surface area contributed by atoms with E-state index in [2.05, 4.69) is 9.88 Å². The van der Waals surface area contributed by atoms with Gasteiger partial charge in [-0.3, -0.25) is 9.36 Å². The highest BCUT2D eigenvalue weighted by Crippen LogP contribution is 2.46. The molecular formula is C27H22FN3O2. The van der Waals surface area contributed by atoms with Crippen LogP contribution >= 0.6 is 0 Å². The van der Waals surface area contributed by atoms with Crippen molar-refractivity contribution in [1.29, 1.82) is 0 Å². The maximum absolute atomic E-state index is 13.7. The largest absolute Gasteiger partial charge is 0.497 e. The Morgan fingerprint density at radius 1 is 0.970 bits per heavy atom. The molecule has 0 saturated heterocycles. The molecule has 0 spiro atoms. The van der Waals surface area contributed by atoms with E-state index in [1.807, 2.05) is 48.5 Å². The summed E-state index contributed by atoms with van der Waals surface area (Å²) in [4.78, 5) is 18.4. The number of halogens is 1. The third kappa shape index (κ3) is 3.21. The Bertz CT molecular complexity index is 1400. The van der Waals surface area contributed by atoms with Gasteiger partial charge < -0.3 is 10.1 Å². The minimum Gasteiger partial charge on any atom is -0.497 e. The minimum atomic E-state index is -0.353. The second-order valence-electron chi connectivity index (χ2n) is 8.57. The molecule has 3 aromatic carbocycles. The summed E-state index contributed by atoms with van der Waals surface area (Å²) in [6.45, 7) is 0. The highest BCUT2D eigenvalue weighted by molar-refractivity contribution is 6.01. The van der Waals surface area contributed by atoms with Gasteiger partial charge in [0, 0.05) is 17.7 Å². The van der Waals surface area contributed by atoms with Crippen LogP contribution in [0.3, 0.4) is 0 Å². The maximum atomic E-state index is 13.7. The summed E-state index contributed by atoms with van der Waals surface area (Å²) >= 11 is 0. The number of carbonyl (C=O) groups is 1. The molecule has 2 aliphatic rings. The molecule has 5 nitrogen and oxygen atoms in total. The second kappa shape index (κ2) is 7.59. The summed E-state index contributed by atoms with van der Waals surface area (Å²) in [5.74, 6) is 1.36. The molecule has 164 valence electrons. The molecule has 2 heterocycles. The maximum Gasteiger partial charge on any atom is 0.209 e. The first kappa shape index (κ1) is 19.7.